The summed E-state index contributed by atoms with van der Waals surface area (Å²) in [5.74, 6) is 1.26. The summed E-state index contributed by atoms with van der Waals surface area (Å²) < 4.78 is 0. The van der Waals surface area contributed by atoms with Crippen molar-refractivity contribution < 1.29 is 0 Å². The Labute approximate surface area is 82.6 Å². The van der Waals surface area contributed by atoms with E-state index in [1.165, 1.54) is 11.0 Å². The normalized spacial score (nSPS) is 10.9. The molecule has 0 spiro atoms. The van der Waals surface area contributed by atoms with Gasteiger partial charge < -0.3 is 0 Å². The Kier molecular flexibility index (Phi) is 3.59. The predicted octanol–water partition coefficient (Wildman–Crippen LogP) is 2.97. The van der Waals surface area contributed by atoms with Crippen molar-refractivity contribution in [1.82, 2.24) is 0 Å². The first-order valence-corrected chi connectivity index (χ1v) is 5.04. The van der Waals surface area contributed by atoms with Gasteiger partial charge in [0.15, 0.2) is 7.28 Å². The molecule has 0 atom stereocenters. The second-order valence-corrected chi connectivity index (χ2v) is 4.23. The molecule has 0 unspecified atom stereocenters. The first-order chi connectivity index (χ1) is 6.09. The van der Waals surface area contributed by atoms with Crippen LogP contribution in [0.2, 0.25) is 5.82 Å². The van der Waals surface area contributed by atoms with Crippen LogP contribution in [0.25, 0.3) is 0 Å². The van der Waals surface area contributed by atoms with E-state index in [2.05, 4.69) is 59.2 Å². The van der Waals surface area contributed by atoms with E-state index in [0.29, 0.717) is 11.7 Å². The molecule has 0 aliphatic rings. The lowest BCUT2D eigenvalue weighted by Crippen LogP contribution is -2.16. The highest BCUT2D eigenvalue weighted by atomic mass is 14.0. The van der Waals surface area contributed by atoms with Gasteiger partial charge in [-0.25, -0.2) is 0 Å². The zero-order valence-electron chi connectivity index (χ0n) is 9.04. The summed E-state index contributed by atoms with van der Waals surface area (Å²) in [6, 6.07) is 8.85. The fourth-order valence-corrected chi connectivity index (χ4v) is 1.38. The van der Waals surface area contributed by atoms with Crippen LogP contribution < -0.4 is 5.46 Å². The summed E-state index contributed by atoms with van der Waals surface area (Å²) in [6.45, 7) is 8.86. The molecule has 1 aromatic carbocycles. The van der Waals surface area contributed by atoms with Crippen molar-refractivity contribution in [1.29, 1.82) is 0 Å². The van der Waals surface area contributed by atoms with Crippen LogP contribution in [0.1, 0.15) is 39.2 Å². The lowest BCUT2D eigenvalue weighted by atomic mass is 9.60. The molecule has 0 amide bonds. The molecule has 13 heavy (non-hydrogen) atoms. The van der Waals surface area contributed by atoms with Crippen LogP contribution in [0.3, 0.4) is 0 Å². The summed E-state index contributed by atoms with van der Waals surface area (Å²) in [5.41, 5.74) is 2.75. The SMILES string of the molecule is CC(C)[B]c1ccc(C(C)C)cc1. The fourth-order valence-electron chi connectivity index (χ4n) is 1.38. The summed E-state index contributed by atoms with van der Waals surface area (Å²) in [4.78, 5) is 0. The van der Waals surface area contributed by atoms with E-state index in [9.17, 15) is 0 Å². The van der Waals surface area contributed by atoms with Gasteiger partial charge in [0.2, 0.25) is 0 Å². The van der Waals surface area contributed by atoms with E-state index in [1.807, 2.05) is 0 Å². The molecule has 0 heterocycles. The van der Waals surface area contributed by atoms with Crippen LogP contribution in [0, 0.1) is 0 Å². The van der Waals surface area contributed by atoms with Crippen LogP contribution in [-0.4, -0.2) is 7.28 Å². The molecule has 0 saturated carbocycles. The van der Waals surface area contributed by atoms with Gasteiger partial charge in [0.1, 0.15) is 0 Å². The third kappa shape index (κ3) is 3.26. The third-order valence-electron chi connectivity index (χ3n) is 2.13. The number of benzene rings is 1. The molecule has 0 saturated heterocycles. The molecule has 0 bridgehead atoms. The van der Waals surface area contributed by atoms with Gasteiger partial charge in [0.25, 0.3) is 0 Å². The van der Waals surface area contributed by atoms with E-state index in [4.69, 9.17) is 0 Å². The maximum Gasteiger partial charge on any atom is 0.154 e. The zero-order chi connectivity index (χ0) is 9.84. The summed E-state index contributed by atoms with van der Waals surface area (Å²) in [5, 5.41) is 0. The standard InChI is InChI=1S/C12H18B/c1-9(2)11-5-7-12(8-6-11)13-10(3)4/h5-10H,1-4H3. The van der Waals surface area contributed by atoms with Crippen molar-refractivity contribution in [2.24, 2.45) is 0 Å². The van der Waals surface area contributed by atoms with Crippen molar-refractivity contribution >= 4 is 12.7 Å². The molecule has 0 fully saturated rings. The van der Waals surface area contributed by atoms with E-state index in [0.717, 1.165) is 0 Å². The smallest absolute Gasteiger partial charge is 0.0875 e. The molecule has 1 rings (SSSR count). The van der Waals surface area contributed by atoms with Crippen LogP contribution >= 0.6 is 0 Å². The van der Waals surface area contributed by atoms with Gasteiger partial charge in [-0.2, -0.15) is 0 Å². The zero-order valence-corrected chi connectivity index (χ0v) is 9.04. The lowest BCUT2D eigenvalue weighted by molar-refractivity contribution is 0.867. The Balaban J connectivity index is 2.70. The van der Waals surface area contributed by atoms with Crippen molar-refractivity contribution in [2.75, 3.05) is 0 Å². The Morgan fingerprint density at radius 2 is 1.46 bits per heavy atom. The Morgan fingerprint density at radius 3 is 1.85 bits per heavy atom. The molecular weight excluding hydrogens is 155 g/mol. The highest BCUT2D eigenvalue weighted by Crippen LogP contribution is 2.11. The van der Waals surface area contributed by atoms with Crippen LogP contribution in [-0.2, 0) is 0 Å². The summed E-state index contributed by atoms with van der Waals surface area (Å²) >= 11 is 0. The largest absolute Gasteiger partial charge is 0.154 e. The van der Waals surface area contributed by atoms with Gasteiger partial charge in [0.05, 0.1) is 0 Å². The van der Waals surface area contributed by atoms with Crippen molar-refractivity contribution in [3.63, 3.8) is 0 Å². The molecule has 0 aliphatic carbocycles. The van der Waals surface area contributed by atoms with Crippen LogP contribution in [0.15, 0.2) is 24.3 Å². The second kappa shape index (κ2) is 4.50. The Morgan fingerprint density at radius 1 is 0.923 bits per heavy atom. The average molecular weight is 173 g/mol. The minimum Gasteiger partial charge on any atom is -0.0875 e. The lowest BCUT2D eigenvalue weighted by Gasteiger charge is -2.07. The van der Waals surface area contributed by atoms with Gasteiger partial charge in [-0.1, -0.05) is 63.2 Å². The Bertz CT molecular complexity index is 246. The Hall–Kier alpha value is -0.715. The van der Waals surface area contributed by atoms with E-state index in [1.54, 1.807) is 0 Å². The van der Waals surface area contributed by atoms with Crippen LogP contribution in [0.5, 0.6) is 0 Å². The molecule has 69 valence electrons. The van der Waals surface area contributed by atoms with E-state index in [-0.39, 0.29) is 0 Å². The first kappa shape index (κ1) is 10.4. The van der Waals surface area contributed by atoms with Gasteiger partial charge >= 0.3 is 0 Å². The van der Waals surface area contributed by atoms with Gasteiger partial charge in [-0.15, -0.1) is 0 Å². The van der Waals surface area contributed by atoms with Gasteiger partial charge in [-0.3, -0.25) is 0 Å². The molecule has 0 N–H and O–H groups in total. The maximum atomic E-state index is 2.28. The number of hydrogen-bond donors (Lipinski definition) is 0. The molecular formula is C12H18B. The fraction of sp³-hybridized carbons (Fsp3) is 0.500. The number of hydrogen-bond acceptors (Lipinski definition) is 0. The topological polar surface area (TPSA) is 0 Å². The van der Waals surface area contributed by atoms with Crippen molar-refractivity contribution in [3.05, 3.63) is 29.8 Å². The third-order valence-corrected chi connectivity index (χ3v) is 2.13. The predicted molar refractivity (Wildman–Crippen MR) is 61.0 cm³/mol. The molecule has 1 radical (unpaired) electrons. The first-order valence-electron chi connectivity index (χ1n) is 5.04. The summed E-state index contributed by atoms with van der Waals surface area (Å²) in [7, 11) is 2.28. The molecule has 0 aliphatic heterocycles. The van der Waals surface area contributed by atoms with Crippen LogP contribution in [0.4, 0.5) is 0 Å². The summed E-state index contributed by atoms with van der Waals surface area (Å²) in [6.07, 6.45) is 0. The van der Waals surface area contributed by atoms with Crippen molar-refractivity contribution in [2.45, 2.75) is 39.4 Å². The van der Waals surface area contributed by atoms with E-state index < -0.39 is 0 Å². The molecule has 1 heteroatoms. The molecule has 1 aromatic rings. The average Bonchev–Trinajstić information content (AvgIpc) is 2.04. The van der Waals surface area contributed by atoms with Gasteiger partial charge in [-0.05, 0) is 11.5 Å². The quantitative estimate of drug-likeness (QED) is 0.616. The second-order valence-electron chi connectivity index (χ2n) is 4.23. The monoisotopic (exact) mass is 173 g/mol. The van der Waals surface area contributed by atoms with Crippen molar-refractivity contribution in [3.8, 4) is 0 Å². The van der Waals surface area contributed by atoms with Gasteiger partial charge in [0, 0.05) is 0 Å². The minimum absolute atomic E-state index is 0.630. The number of rotatable bonds is 3. The van der Waals surface area contributed by atoms with E-state index >= 15 is 0 Å². The minimum atomic E-state index is 0.630. The molecule has 0 aromatic heterocycles. The molecule has 0 nitrogen and oxygen atoms in total. The highest BCUT2D eigenvalue weighted by Gasteiger charge is 2.01. The maximum absolute atomic E-state index is 2.28. The highest BCUT2D eigenvalue weighted by molar-refractivity contribution is 6.54.